The Labute approximate surface area is 150 Å². The molecule has 0 spiro atoms. The number of benzene rings is 1. The number of ether oxygens (including phenoxy) is 1. The zero-order valence-electron chi connectivity index (χ0n) is 14.9. The number of aliphatic hydroxyl groups excluding tert-OH is 1. The first-order valence-corrected chi connectivity index (χ1v) is 8.92. The van der Waals surface area contributed by atoms with Crippen molar-refractivity contribution in [2.45, 2.75) is 33.3 Å². The Morgan fingerprint density at radius 1 is 1.25 bits per heavy atom. The number of nitrogens with one attached hydrogen (secondary N) is 2. The number of rotatable bonds is 10. The fourth-order valence-corrected chi connectivity index (χ4v) is 2.28. The molecular weight excluding hydrogens is 326 g/mol. The molecule has 0 aromatic heterocycles. The van der Waals surface area contributed by atoms with Gasteiger partial charge in [-0.1, -0.05) is 43.6 Å². The van der Waals surface area contributed by atoms with Gasteiger partial charge in [0.25, 0.3) is 0 Å². The fourth-order valence-electron chi connectivity index (χ4n) is 2.05. The summed E-state index contributed by atoms with van der Waals surface area (Å²) in [5, 5.41) is 17.1. The number of hydrogen-bond acceptors (Lipinski definition) is 3. The minimum atomic E-state index is -0.595. The summed E-state index contributed by atoms with van der Waals surface area (Å²) in [5.41, 5.74) is 1.10. The number of halogens is 1. The van der Waals surface area contributed by atoms with E-state index >= 15 is 0 Å². The van der Waals surface area contributed by atoms with E-state index in [0.717, 1.165) is 30.1 Å². The van der Waals surface area contributed by atoms with Crippen LogP contribution in [-0.2, 0) is 11.2 Å². The number of hydrogen-bond donors (Lipinski definition) is 3. The van der Waals surface area contributed by atoms with Gasteiger partial charge in [0.15, 0.2) is 5.96 Å². The molecule has 0 amide bonds. The Morgan fingerprint density at radius 2 is 2.00 bits per heavy atom. The average molecular weight is 356 g/mol. The standard InChI is InChI=1S/C18H30ClN3O2/c1-4-20-18(22-11-16(23)13-24-12-14(2)3)21-10-9-15-7-5-6-8-17(15)19/h5-8,14,16,23H,4,9-13H2,1-3H3,(H2,20,21,22). The lowest BCUT2D eigenvalue weighted by atomic mass is 10.1. The van der Waals surface area contributed by atoms with E-state index in [1.807, 2.05) is 31.2 Å². The first-order valence-electron chi connectivity index (χ1n) is 8.54. The van der Waals surface area contributed by atoms with Crippen LogP contribution in [0.25, 0.3) is 0 Å². The summed E-state index contributed by atoms with van der Waals surface area (Å²) in [7, 11) is 0. The van der Waals surface area contributed by atoms with Crippen molar-refractivity contribution in [3.05, 3.63) is 34.9 Å². The van der Waals surface area contributed by atoms with Crippen molar-refractivity contribution < 1.29 is 9.84 Å². The van der Waals surface area contributed by atoms with Gasteiger partial charge in [-0.2, -0.15) is 0 Å². The molecule has 6 heteroatoms. The van der Waals surface area contributed by atoms with E-state index in [-0.39, 0.29) is 0 Å². The summed E-state index contributed by atoms with van der Waals surface area (Å²) < 4.78 is 5.43. The van der Waals surface area contributed by atoms with Gasteiger partial charge in [-0.25, -0.2) is 0 Å². The van der Waals surface area contributed by atoms with E-state index in [0.29, 0.717) is 31.6 Å². The number of aliphatic imine (C=N–C) groups is 1. The van der Waals surface area contributed by atoms with E-state index in [9.17, 15) is 5.11 Å². The molecule has 0 aliphatic carbocycles. The molecule has 0 bridgehead atoms. The Hall–Kier alpha value is -1.30. The largest absolute Gasteiger partial charge is 0.389 e. The van der Waals surface area contributed by atoms with Crippen LogP contribution in [0.5, 0.6) is 0 Å². The highest BCUT2D eigenvalue weighted by atomic mass is 35.5. The Kier molecular flexibility index (Phi) is 10.5. The van der Waals surface area contributed by atoms with Crippen LogP contribution in [0.3, 0.4) is 0 Å². The van der Waals surface area contributed by atoms with Crippen molar-refractivity contribution in [2.24, 2.45) is 10.9 Å². The maximum atomic E-state index is 9.91. The van der Waals surface area contributed by atoms with Crippen LogP contribution in [0.1, 0.15) is 26.3 Å². The molecule has 0 saturated carbocycles. The van der Waals surface area contributed by atoms with Gasteiger partial charge in [-0.05, 0) is 30.9 Å². The third-order valence-corrected chi connectivity index (χ3v) is 3.58. The van der Waals surface area contributed by atoms with Gasteiger partial charge in [0.1, 0.15) is 0 Å². The molecule has 0 aliphatic rings. The van der Waals surface area contributed by atoms with Gasteiger partial charge in [0.05, 0.1) is 19.3 Å². The maximum Gasteiger partial charge on any atom is 0.191 e. The number of nitrogens with zero attached hydrogens (tertiary/aromatic N) is 1. The van der Waals surface area contributed by atoms with Crippen molar-refractivity contribution in [2.75, 3.05) is 32.8 Å². The average Bonchev–Trinajstić information content (AvgIpc) is 2.54. The van der Waals surface area contributed by atoms with Gasteiger partial charge in [0, 0.05) is 24.7 Å². The fraction of sp³-hybridized carbons (Fsp3) is 0.611. The first kappa shape index (κ1) is 20.7. The summed E-state index contributed by atoms with van der Waals surface area (Å²) in [6.45, 7) is 8.91. The van der Waals surface area contributed by atoms with Crippen molar-refractivity contribution >= 4 is 17.6 Å². The quantitative estimate of drug-likeness (QED) is 0.445. The van der Waals surface area contributed by atoms with Crippen molar-refractivity contribution in [1.82, 2.24) is 10.6 Å². The normalized spacial score (nSPS) is 13.2. The van der Waals surface area contributed by atoms with Gasteiger partial charge in [-0.15, -0.1) is 0 Å². The van der Waals surface area contributed by atoms with Gasteiger partial charge in [-0.3, -0.25) is 4.99 Å². The molecule has 1 aromatic carbocycles. The lowest BCUT2D eigenvalue weighted by Gasteiger charge is -2.14. The second-order valence-corrected chi connectivity index (χ2v) is 6.48. The van der Waals surface area contributed by atoms with E-state index in [4.69, 9.17) is 16.3 Å². The molecule has 0 saturated heterocycles. The third-order valence-electron chi connectivity index (χ3n) is 3.21. The minimum Gasteiger partial charge on any atom is -0.389 e. The zero-order chi connectivity index (χ0) is 17.8. The topological polar surface area (TPSA) is 65.9 Å². The molecule has 0 aliphatic heterocycles. The van der Waals surface area contributed by atoms with Crippen LogP contribution in [0, 0.1) is 5.92 Å². The molecular formula is C18H30ClN3O2. The van der Waals surface area contributed by atoms with Crippen molar-refractivity contribution in [3.8, 4) is 0 Å². The van der Waals surface area contributed by atoms with Crippen molar-refractivity contribution in [3.63, 3.8) is 0 Å². The summed E-state index contributed by atoms with van der Waals surface area (Å²) in [6, 6.07) is 7.81. The van der Waals surface area contributed by atoms with Crippen LogP contribution in [0.2, 0.25) is 5.02 Å². The van der Waals surface area contributed by atoms with Gasteiger partial charge in [0.2, 0.25) is 0 Å². The predicted molar refractivity (Wildman–Crippen MR) is 101 cm³/mol. The highest BCUT2D eigenvalue weighted by molar-refractivity contribution is 6.31. The molecule has 3 N–H and O–H groups in total. The minimum absolute atomic E-state index is 0.305. The maximum absolute atomic E-state index is 9.91. The summed E-state index contributed by atoms with van der Waals surface area (Å²) in [5.74, 6) is 1.15. The smallest absolute Gasteiger partial charge is 0.191 e. The van der Waals surface area contributed by atoms with Crippen LogP contribution in [-0.4, -0.2) is 50.0 Å². The van der Waals surface area contributed by atoms with Crippen LogP contribution < -0.4 is 10.6 Å². The number of guanidine groups is 1. The summed E-state index contributed by atoms with van der Waals surface area (Å²) >= 11 is 6.15. The molecule has 5 nitrogen and oxygen atoms in total. The summed E-state index contributed by atoms with van der Waals surface area (Å²) in [6.07, 6.45) is 0.215. The zero-order valence-corrected chi connectivity index (χ0v) is 15.6. The molecule has 0 heterocycles. The second-order valence-electron chi connectivity index (χ2n) is 6.07. The molecule has 24 heavy (non-hydrogen) atoms. The van der Waals surface area contributed by atoms with E-state index in [2.05, 4.69) is 29.5 Å². The van der Waals surface area contributed by atoms with E-state index in [1.54, 1.807) is 0 Å². The molecule has 0 fully saturated rings. The second kappa shape index (κ2) is 12.1. The first-order chi connectivity index (χ1) is 11.5. The Balaban J connectivity index is 2.37. The van der Waals surface area contributed by atoms with E-state index < -0.39 is 6.10 Å². The monoisotopic (exact) mass is 355 g/mol. The highest BCUT2D eigenvalue weighted by Gasteiger charge is 2.06. The highest BCUT2D eigenvalue weighted by Crippen LogP contribution is 2.14. The Morgan fingerprint density at radius 3 is 2.67 bits per heavy atom. The van der Waals surface area contributed by atoms with Gasteiger partial charge < -0.3 is 20.5 Å². The number of aliphatic hydroxyl groups is 1. The van der Waals surface area contributed by atoms with Crippen LogP contribution in [0.4, 0.5) is 0 Å². The van der Waals surface area contributed by atoms with Crippen LogP contribution in [0.15, 0.2) is 29.3 Å². The lowest BCUT2D eigenvalue weighted by molar-refractivity contribution is 0.0301. The predicted octanol–water partition coefficient (Wildman–Crippen LogP) is 2.47. The van der Waals surface area contributed by atoms with Gasteiger partial charge >= 0.3 is 0 Å². The molecule has 136 valence electrons. The van der Waals surface area contributed by atoms with E-state index in [1.165, 1.54) is 0 Å². The molecule has 1 aromatic rings. The third kappa shape index (κ3) is 9.11. The molecule has 1 atom stereocenters. The molecule has 1 unspecified atom stereocenters. The SMILES string of the molecule is CCNC(=NCC(O)COCC(C)C)NCCc1ccccc1Cl. The molecule has 0 radical (unpaired) electrons. The molecule has 1 rings (SSSR count). The Bertz CT molecular complexity index is 495. The lowest BCUT2D eigenvalue weighted by Crippen LogP contribution is -2.39. The van der Waals surface area contributed by atoms with Crippen LogP contribution >= 0.6 is 11.6 Å². The summed E-state index contributed by atoms with van der Waals surface area (Å²) in [4.78, 5) is 4.40. The van der Waals surface area contributed by atoms with Crippen molar-refractivity contribution in [1.29, 1.82) is 0 Å².